The molecule has 2 aromatic carbocycles. The van der Waals surface area contributed by atoms with Gasteiger partial charge in [0.15, 0.2) is 9.84 Å². The maximum atomic E-state index is 11.7. The Kier molecular flexibility index (Phi) is 8.31. The van der Waals surface area contributed by atoms with Crippen molar-refractivity contribution in [2.45, 2.75) is 49.6 Å². The minimum Gasteiger partial charge on any atom is -0.381 e. The van der Waals surface area contributed by atoms with Crippen LogP contribution in [-0.4, -0.2) is 83.0 Å². The molecule has 0 aromatic heterocycles. The Balaban J connectivity index is 1.00. The van der Waals surface area contributed by atoms with E-state index in [1.165, 1.54) is 55.3 Å². The molecule has 2 fully saturated rings. The van der Waals surface area contributed by atoms with Crippen LogP contribution >= 0.6 is 0 Å². The van der Waals surface area contributed by atoms with Gasteiger partial charge in [0.1, 0.15) is 0 Å². The van der Waals surface area contributed by atoms with Gasteiger partial charge in [-0.1, -0.05) is 30.3 Å². The van der Waals surface area contributed by atoms with E-state index in [1.54, 1.807) is 12.1 Å². The monoisotopic (exact) mass is 511 g/mol. The molecule has 0 N–H and O–H groups in total. The second-order valence-electron chi connectivity index (χ2n) is 10.9. The highest BCUT2D eigenvalue weighted by molar-refractivity contribution is 7.90. The van der Waals surface area contributed by atoms with Crippen LogP contribution in [0.2, 0.25) is 0 Å². The lowest BCUT2D eigenvalue weighted by Crippen LogP contribution is -2.56. The van der Waals surface area contributed by atoms with Crippen molar-refractivity contribution < 1.29 is 13.2 Å². The number of para-hydroxylation sites is 1. The summed E-state index contributed by atoms with van der Waals surface area (Å²) >= 11 is 0. The van der Waals surface area contributed by atoms with Crippen molar-refractivity contribution in [3.63, 3.8) is 0 Å². The Bertz CT molecular complexity index is 1110. The Morgan fingerprint density at radius 2 is 1.81 bits per heavy atom. The Labute approximate surface area is 217 Å². The van der Waals surface area contributed by atoms with Gasteiger partial charge in [0, 0.05) is 70.4 Å². The summed E-state index contributed by atoms with van der Waals surface area (Å²) in [5, 5.41) is 0. The van der Waals surface area contributed by atoms with E-state index >= 15 is 0 Å². The van der Waals surface area contributed by atoms with Gasteiger partial charge in [-0.15, -0.1) is 0 Å². The molecule has 0 saturated carbocycles. The highest BCUT2D eigenvalue weighted by Gasteiger charge is 2.32. The Morgan fingerprint density at radius 3 is 2.64 bits per heavy atom. The first-order valence-corrected chi connectivity index (χ1v) is 15.5. The van der Waals surface area contributed by atoms with E-state index in [-0.39, 0.29) is 0 Å². The number of hydrogen-bond donors (Lipinski definition) is 0. The molecule has 3 aliphatic rings. The van der Waals surface area contributed by atoms with Crippen molar-refractivity contribution in [2.75, 3.05) is 63.6 Å². The van der Waals surface area contributed by atoms with E-state index in [9.17, 15) is 8.42 Å². The van der Waals surface area contributed by atoms with Crippen molar-refractivity contribution in [2.24, 2.45) is 5.92 Å². The SMILES string of the molecule is CS(=O)(=O)c1ccc(CN2CCN3CC(COCCCN4CCCc5ccccc54)CCC3C2)cc1. The van der Waals surface area contributed by atoms with Crippen molar-refractivity contribution >= 4 is 15.5 Å². The first-order valence-electron chi connectivity index (χ1n) is 13.6. The largest absolute Gasteiger partial charge is 0.381 e. The van der Waals surface area contributed by atoms with Crippen molar-refractivity contribution in [3.05, 3.63) is 59.7 Å². The lowest BCUT2D eigenvalue weighted by atomic mass is 9.91. The molecular formula is C29H41N3O3S. The third-order valence-electron chi connectivity index (χ3n) is 8.12. The lowest BCUT2D eigenvalue weighted by molar-refractivity contribution is -0.00210. The summed E-state index contributed by atoms with van der Waals surface area (Å²) in [5.41, 5.74) is 4.10. The fourth-order valence-electron chi connectivity index (χ4n) is 6.15. The van der Waals surface area contributed by atoms with E-state index in [2.05, 4.69) is 39.0 Å². The van der Waals surface area contributed by atoms with Crippen LogP contribution in [0.5, 0.6) is 0 Å². The van der Waals surface area contributed by atoms with Gasteiger partial charge in [-0.3, -0.25) is 9.80 Å². The van der Waals surface area contributed by atoms with Gasteiger partial charge in [0.25, 0.3) is 0 Å². The number of benzene rings is 2. The van der Waals surface area contributed by atoms with Crippen LogP contribution < -0.4 is 4.90 Å². The molecule has 2 saturated heterocycles. The third kappa shape index (κ3) is 6.49. The minimum atomic E-state index is -3.13. The number of fused-ring (bicyclic) bond motifs is 2. The van der Waals surface area contributed by atoms with Gasteiger partial charge in [0.2, 0.25) is 0 Å². The Hall–Kier alpha value is -1.93. The van der Waals surface area contributed by atoms with Crippen LogP contribution in [0.25, 0.3) is 0 Å². The Morgan fingerprint density at radius 1 is 0.972 bits per heavy atom. The predicted molar refractivity (Wildman–Crippen MR) is 145 cm³/mol. The number of hydrogen-bond acceptors (Lipinski definition) is 6. The first kappa shape index (κ1) is 25.7. The normalized spacial score (nSPS) is 23.3. The number of piperazine rings is 1. The van der Waals surface area contributed by atoms with Crippen LogP contribution in [0.1, 0.15) is 36.8 Å². The fourth-order valence-corrected chi connectivity index (χ4v) is 6.78. The van der Waals surface area contributed by atoms with Crippen LogP contribution in [0.4, 0.5) is 5.69 Å². The van der Waals surface area contributed by atoms with Gasteiger partial charge < -0.3 is 9.64 Å². The summed E-state index contributed by atoms with van der Waals surface area (Å²) in [5.74, 6) is 0.645. The van der Waals surface area contributed by atoms with Crippen molar-refractivity contribution in [3.8, 4) is 0 Å². The second-order valence-corrected chi connectivity index (χ2v) is 12.9. The number of nitrogens with zero attached hydrogens (tertiary/aromatic N) is 3. The number of rotatable bonds is 9. The molecule has 196 valence electrons. The van der Waals surface area contributed by atoms with Gasteiger partial charge in [-0.05, 0) is 67.3 Å². The molecule has 0 aliphatic carbocycles. The molecule has 0 spiro atoms. The molecule has 0 amide bonds. The second kappa shape index (κ2) is 11.6. The average Bonchev–Trinajstić information content (AvgIpc) is 2.88. The standard InChI is InChI=1S/C29H41N3O3S/c1-36(33,34)28-13-10-24(11-14-28)20-30-17-18-32-21-25(9-12-27(32)22-30)23-35-19-5-16-31-15-4-7-26-6-2-3-8-29(26)31/h2-3,6,8,10-11,13-14,25,27H,4-5,7,9,12,15-23H2,1H3. The number of sulfone groups is 1. The third-order valence-corrected chi connectivity index (χ3v) is 9.25. The smallest absolute Gasteiger partial charge is 0.175 e. The average molecular weight is 512 g/mol. The summed E-state index contributed by atoms with van der Waals surface area (Å²) in [6.45, 7) is 9.30. The molecule has 5 rings (SSSR count). The molecule has 2 unspecified atom stereocenters. The van der Waals surface area contributed by atoms with Crippen molar-refractivity contribution in [1.29, 1.82) is 0 Å². The zero-order valence-corrected chi connectivity index (χ0v) is 22.5. The van der Waals surface area contributed by atoms with E-state index in [0.29, 0.717) is 16.9 Å². The summed E-state index contributed by atoms with van der Waals surface area (Å²) < 4.78 is 29.6. The predicted octanol–water partition coefficient (Wildman–Crippen LogP) is 3.85. The van der Waals surface area contributed by atoms with E-state index in [1.807, 2.05) is 12.1 Å². The summed E-state index contributed by atoms with van der Waals surface area (Å²) in [6, 6.07) is 16.9. The molecule has 0 bridgehead atoms. The molecule has 3 heterocycles. The van der Waals surface area contributed by atoms with Gasteiger partial charge in [-0.2, -0.15) is 0 Å². The fraction of sp³-hybridized carbons (Fsp3) is 0.586. The first-order chi connectivity index (χ1) is 17.5. The highest BCUT2D eigenvalue weighted by Crippen LogP contribution is 2.28. The molecule has 3 aliphatic heterocycles. The van der Waals surface area contributed by atoms with Crippen molar-refractivity contribution in [1.82, 2.24) is 9.80 Å². The molecular weight excluding hydrogens is 470 g/mol. The highest BCUT2D eigenvalue weighted by atomic mass is 32.2. The minimum absolute atomic E-state index is 0.397. The maximum absolute atomic E-state index is 11.7. The van der Waals surface area contributed by atoms with Gasteiger partial charge >= 0.3 is 0 Å². The van der Waals surface area contributed by atoms with Gasteiger partial charge in [-0.25, -0.2) is 8.42 Å². The van der Waals surface area contributed by atoms with E-state index in [4.69, 9.17) is 4.74 Å². The van der Waals surface area contributed by atoms with E-state index < -0.39 is 9.84 Å². The molecule has 0 radical (unpaired) electrons. The van der Waals surface area contributed by atoms with Crippen LogP contribution in [0.3, 0.4) is 0 Å². The zero-order chi connectivity index (χ0) is 25.0. The summed E-state index contributed by atoms with van der Waals surface area (Å²) in [6.07, 6.45) is 7.30. The number of ether oxygens (including phenoxy) is 1. The van der Waals surface area contributed by atoms with Crippen LogP contribution in [0, 0.1) is 5.92 Å². The lowest BCUT2D eigenvalue weighted by Gasteiger charge is -2.46. The summed E-state index contributed by atoms with van der Waals surface area (Å²) in [7, 11) is -3.13. The number of piperidine rings is 1. The summed E-state index contributed by atoms with van der Waals surface area (Å²) in [4.78, 5) is 8.12. The van der Waals surface area contributed by atoms with E-state index in [0.717, 1.165) is 58.9 Å². The van der Waals surface area contributed by atoms with Crippen LogP contribution in [0.15, 0.2) is 53.4 Å². The maximum Gasteiger partial charge on any atom is 0.175 e. The number of anilines is 1. The molecule has 2 aromatic rings. The quantitative estimate of drug-likeness (QED) is 0.477. The number of aryl methyl sites for hydroxylation is 1. The molecule has 2 atom stereocenters. The molecule has 36 heavy (non-hydrogen) atoms. The topological polar surface area (TPSA) is 53.1 Å². The molecule has 6 nitrogen and oxygen atoms in total. The van der Waals surface area contributed by atoms with Crippen LogP contribution in [-0.2, 0) is 27.5 Å². The zero-order valence-electron chi connectivity index (χ0n) is 21.6. The molecule has 7 heteroatoms. The van der Waals surface area contributed by atoms with Gasteiger partial charge in [0.05, 0.1) is 11.5 Å².